The molecule has 0 bridgehead atoms. The van der Waals surface area contributed by atoms with E-state index in [2.05, 4.69) is 0 Å². The van der Waals surface area contributed by atoms with E-state index in [1.807, 2.05) is 0 Å². The molecule has 60 valence electrons. The van der Waals surface area contributed by atoms with Crippen molar-refractivity contribution in [3.8, 4) is 0 Å². The molecule has 4 heteroatoms. The van der Waals surface area contributed by atoms with Crippen LogP contribution in [0.5, 0.6) is 0 Å². The maximum Gasteiger partial charge on any atom is 0.208 e. The van der Waals surface area contributed by atoms with Crippen molar-refractivity contribution in [2.75, 3.05) is 6.54 Å². The van der Waals surface area contributed by atoms with E-state index >= 15 is 0 Å². The molecule has 4 N–H and O–H groups in total. The van der Waals surface area contributed by atoms with Crippen molar-refractivity contribution in [3.63, 3.8) is 0 Å². The molecule has 0 amide bonds. The molecule has 0 rings (SSSR count). The van der Waals surface area contributed by atoms with Crippen molar-refractivity contribution in [3.05, 3.63) is 0 Å². The Morgan fingerprint density at radius 1 is 1.50 bits per heavy atom. The first-order valence-electron chi connectivity index (χ1n) is 3.33. The van der Waals surface area contributed by atoms with Gasteiger partial charge >= 0.3 is 0 Å². The molecular formula is C6H13IN2O. The average molecular weight is 256 g/mol. The van der Waals surface area contributed by atoms with Gasteiger partial charge in [0.15, 0.2) is 0 Å². The highest BCUT2D eigenvalue weighted by molar-refractivity contribution is 14.1. The molecule has 0 aromatic rings. The van der Waals surface area contributed by atoms with Gasteiger partial charge < -0.3 is 11.5 Å². The topological polar surface area (TPSA) is 69.1 Å². The van der Waals surface area contributed by atoms with Crippen LogP contribution in [0.3, 0.4) is 0 Å². The zero-order valence-corrected chi connectivity index (χ0v) is 8.00. The summed E-state index contributed by atoms with van der Waals surface area (Å²) in [5.74, 6) is 0. The van der Waals surface area contributed by atoms with Crippen molar-refractivity contribution >= 4 is 26.4 Å². The van der Waals surface area contributed by atoms with Gasteiger partial charge in [0, 0.05) is 22.6 Å². The Balaban J connectivity index is 3.21. The molecule has 1 unspecified atom stereocenters. The van der Waals surface area contributed by atoms with Crippen molar-refractivity contribution in [1.29, 1.82) is 0 Å². The smallest absolute Gasteiger partial charge is 0.208 e. The summed E-state index contributed by atoms with van der Waals surface area (Å²) in [7, 11) is 0. The summed E-state index contributed by atoms with van der Waals surface area (Å²) in [5.41, 5.74) is 10.7. The standard InChI is InChI=1S/C6H13IN2O/c7-6(10)5(9)3-1-2-4-8/h5H,1-4,8-9H2. The summed E-state index contributed by atoms with van der Waals surface area (Å²) >= 11 is 1.73. The highest BCUT2D eigenvalue weighted by Gasteiger charge is 2.07. The second-order valence-electron chi connectivity index (χ2n) is 2.20. The molecule has 0 aromatic heterocycles. The molecule has 10 heavy (non-hydrogen) atoms. The zero-order valence-electron chi connectivity index (χ0n) is 5.85. The van der Waals surface area contributed by atoms with Gasteiger partial charge in [0.05, 0.1) is 6.04 Å². The van der Waals surface area contributed by atoms with Gasteiger partial charge in [0.2, 0.25) is 3.79 Å². The van der Waals surface area contributed by atoms with Gasteiger partial charge in [-0.05, 0) is 19.4 Å². The molecule has 1 atom stereocenters. The third-order valence-corrected chi connectivity index (χ3v) is 2.06. The maximum absolute atomic E-state index is 10.6. The molecular weight excluding hydrogens is 243 g/mol. The Kier molecular flexibility index (Phi) is 6.25. The Bertz CT molecular complexity index is 108. The molecule has 0 heterocycles. The van der Waals surface area contributed by atoms with Gasteiger partial charge in [0.1, 0.15) is 0 Å². The van der Waals surface area contributed by atoms with E-state index in [1.54, 1.807) is 22.6 Å². The van der Waals surface area contributed by atoms with E-state index in [0.717, 1.165) is 19.3 Å². The summed E-state index contributed by atoms with van der Waals surface area (Å²) in [4.78, 5) is 10.6. The molecule has 0 aliphatic heterocycles. The van der Waals surface area contributed by atoms with Crippen LogP contribution in [-0.2, 0) is 4.79 Å². The van der Waals surface area contributed by atoms with Crippen LogP contribution < -0.4 is 11.5 Å². The van der Waals surface area contributed by atoms with Gasteiger partial charge in [-0.25, -0.2) is 0 Å². The van der Waals surface area contributed by atoms with Crippen LogP contribution in [0.2, 0.25) is 0 Å². The van der Waals surface area contributed by atoms with Crippen LogP contribution in [0.15, 0.2) is 0 Å². The second kappa shape index (κ2) is 6.06. The van der Waals surface area contributed by atoms with E-state index in [0.29, 0.717) is 6.54 Å². The first kappa shape index (κ1) is 10.3. The summed E-state index contributed by atoms with van der Waals surface area (Å²) < 4.78 is 0.0367. The number of carbonyl (C=O) groups excluding carboxylic acids is 1. The number of nitrogens with two attached hydrogens (primary N) is 2. The molecule has 3 nitrogen and oxygen atoms in total. The van der Waals surface area contributed by atoms with Crippen molar-refractivity contribution in [2.45, 2.75) is 25.3 Å². The van der Waals surface area contributed by atoms with E-state index < -0.39 is 0 Å². The van der Waals surface area contributed by atoms with Gasteiger partial charge in [0.25, 0.3) is 0 Å². The summed E-state index contributed by atoms with van der Waals surface area (Å²) in [6.45, 7) is 0.683. The normalized spacial score (nSPS) is 13.1. The zero-order chi connectivity index (χ0) is 7.98. The molecule has 0 aliphatic rings. The lowest BCUT2D eigenvalue weighted by Gasteiger charge is -2.03. The van der Waals surface area contributed by atoms with Gasteiger partial charge in [-0.3, -0.25) is 4.79 Å². The summed E-state index contributed by atoms with van der Waals surface area (Å²) in [6, 6.07) is -0.285. The van der Waals surface area contributed by atoms with E-state index in [1.165, 1.54) is 0 Å². The van der Waals surface area contributed by atoms with E-state index in [-0.39, 0.29) is 9.83 Å². The van der Waals surface area contributed by atoms with Gasteiger partial charge in [-0.1, -0.05) is 6.42 Å². The number of halogens is 1. The van der Waals surface area contributed by atoms with E-state index in [4.69, 9.17) is 11.5 Å². The number of rotatable bonds is 5. The van der Waals surface area contributed by atoms with Crippen LogP contribution in [0.1, 0.15) is 19.3 Å². The number of unbranched alkanes of at least 4 members (excludes halogenated alkanes) is 1. The van der Waals surface area contributed by atoms with Crippen LogP contribution in [-0.4, -0.2) is 16.4 Å². The van der Waals surface area contributed by atoms with E-state index in [9.17, 15) is 4.79 Å². The fourth-order valence-electron chi connectivity index (χ4n) is 0.622. The number of hydrogen-bond donors (Lipinski definition) is 2. The Morgan fingerprint density at radius 2 is 2.10 bits per heavy atom. The highest BCUT2D eigenvalue weighted by atomic mass is 127. The minimum atomic E-state index is -0.285. The predicted molar refractivity (Wildman–Crippen MR) is 49.9 cm³/mol. The number of hydrogen-bond acceptors (Lipinski definition) is 3. The predicted octanol–water partition coefficient (Wildman–Crippen LogP) is 0.404. The van der Waals surface area contributed by atoms with Crippen LogP contribution in [0.4, 0.5) is 0 Å². The summed E-state index contributed by atoms with van der Waals surface area (Å²) in [5, 5.41) is 0. The third kappa shape index (κ3) is 5.13. The summed E-state index contributed by atoms with van der Waals surface area (Å²) in [6.07, 6.45) is 2.67. The maximum atomic E-state index is 10.6. The Morgan fingerprint density at radius 3 is 2.50 bits per heavy atom. The van der Waals surface area contributed by atoms with Crippen LogP contribution >= 0.6 is 22.6 Å². The van der Waals surface area contributed by atoms with Crippen molar-refractivity contribution in [2.24, 2.45) is 11.5 Å². The molecule has 0 saturated heterocycles. The SMILES string of the molecule is NCCCCC(N)C(=O)I. The quantitative estimate of drug-likeness (QED) is 0.425. The number of carbonyl (C=O) groups is 1. The molecule has 0 aliphatic carbocycles. The van der Waals surface area contributed by atoms with Gasteiger partial charge in [-0.15, -0.1) is 0 Å². The highest BCUT2D eigenvalue weighted by Crippen LogP contribution is 2.02. The molecule has 0 spiro atoms. The molecule has 0 aromatic carbocycles. The third-order valence-electron chi connectivity index (χ3n) is 1.26. The van der Waals surface area contributed by atoms with Crippen LogP contribution in [0, 0.1) is 0 Å². The largest absolute Gasteiger partial charge is 0.330 e. The lowest BCUT2D eigenvalue weighted by Crippen LogP contribution is -2.26. The molecule has 0 radical (unpaired) electrons. The van der Waals surface area contributed by atoms with Gasteiger partial charge in [-0.2, -0.15) is 0 Å². The Labute approximate surface area is 74.7 Å². The first-order valence-corrected chi connectivity index (χ1v) is 4.41. The monoisotopic (exact) mass is 256 g/mol. The molecule has 0 saturated carbocycles. The lowest BCUT2D eigenvalue weighted by atomic mass is 10.1. The molecule has 0 fully saturated rings. The van der Waals surface area contributed by atoms with Crippen molar-refractivity contribution < 1.29 is 4.79 Å². The minimum Gasteiger partial charge on any atom is -0.330 e. The Hall–Kier alpha value is 0.320. The fraction of sp³-hybridized carbons (Fsp3) is 0.833. The minimum absolute atomic E-state index is 0.0367. The van der Waals surface area contributed by atoms with Crippen molar-refractivity contribution in [1.82, 2.24) is 0 Å². The lowest BCUT2D eigenvalue weighted by molar-refractivity contribution is -0.110. The fourth-order valence-corrected chi connectivity index (χ4v) is 0.933. The second-order valence-corrected chi connectivity index (χ2v) is 3.26. The first-order chi connectivity index (χ1) is 4.68. The average Bonchev–Trinajstić information content (AvgIpc) is 1.88. The van der Waals surface area contributed by atoms with Crippen LogP contribution in [0.25, 0.3) is 0 Å².